The molecular weight excluding hydrogens is 424 g/mol. The molecule has 6 nitrogen and oxygen atoms in total. The molecule has 0 aromatic heterocycles. The van der Waals surface area contributed by atoms with Crippen molar-refractivity contribution in [1.82, 2.24) is 4.90 Å². The van der Waals surface area contributed by atoms with Crippen molar-refractivity contribution in [3.8, 4) is 5.75 Å². The fourth-order valence-corrected chi connectivity index (χ4v) is 4.72. The molecule has 2 aromatic carbocycles. The van der Waals surface area contributed by atoms with Crippen LogP contribution in [-0.2, 0) is 14.3 Å². The number of nitrogens with zero attached hydrogens (tertiary/aromatic N) is 2. The number of carbonyl (C=O) groups excluding carboxylic acids is 2. The third-order valence-electron chi connectivity index (χ3n) is 4.76. The smallest absolute Gasteiger partial charge is 0.303 e. The lowest BCUT2D eigenvalue weighted by atomic mass is 10.1. The summed E-state index contributed by atoms with van der Waals surface area (Å²) in [6.07, 6.45) is -0.964. The van der Waals surface area contributed by atoms with E-state index in [-0.39, 0.29) is 5.91 Å². The summed E-state index contributed by atoms with van der Waals surface area (Å²) in [4.78, 5) is 30.1. The van der Waals surface area contributed by atoms with Crippen LogP contribution in [0.25, 0.3) is 0 Å². The number of rotatable bonds is 6. The zero-order chi connectivity index (χ0) is 21.8. The van der Waals surface area contributed by atoms with Crippen LogP contribution in [0.2, 0.25) is 5.02 Å². The van der Waals surface area contributed by atoms with Crippen LogP contribution in [0.5, 0.6) is 5.75 Å². The highest BCUT2D eigenvalue weighted by molar-refractivity contribution is 7.99. The fourth-order valence-electron chi connectivity index (χ4n) is 3.26. The Morgan fingerprint density at radius 2 is 1.90 bits per heavy atom. The number of anilines is 1. The number of carbonyl (C=O) groups is 2. The summed E-state index contributed by atoms with van der Waals surface area (Å²) in [7, 11) is 5.49. The molecule has 160 valence electrons. The Bertz CT molecular complexity index is 920. The van der Waals surface area contributed by atoms with E-state index in [9.17, 15) is 9.59 Å². The van der Waals surface area contributed by atoms with Crippen molar-refractivity contribution < 1.29 is 19.1 Å². The monoisotopic (exact) mass is 448 g/mol. The average molecular weight is 449 g/mol. The van der Waals surface area contributed by atoms with Gasteiger partial charge < -0.3 is 19.3 Å². The summed E-state index contributed by atoms with van der Waals surface area (Å²) in [6, 6.07) is 13.0. The van der Waals surface area contributed by atoms with Crippen LogP contribution in [0.15, 0.2) is 47.4 Å². The summed E-state index contributed by atoms with van der Waals surface area (Å²) in [5.74, 6) is -0.0436. The Balaban J connectivity index is 2.09. The number of benzene rings is 2. The molecule has 0 N–H and O–H groups in total. The van der Waals surface area contributed by atoms with Crippen LogP contribution in [-0.4, -0.2) is 57.2 Å². The lowest BCUT2D eigenvalue weighted by Crippen LogP contribution is -2.45. The Hall–Kier alpha value is -2.22. The molecule has 0 unspecified atom stereocenters. The highest BCUT2D eigenvalue weighted by Crippen LogP contribution is 2.47. The van der Waals surface area contributed by atoms with Gasteiger partial charge in [0.1, 0.15) is 5.75 Å². The average Bonchev–Trinajstić information content (AvgIpc) is 2.81. The van der Waals surface area contributed by atoms with Crippen molar-refractivity contribution in [2.45, 2.75) is 23.2 Å². The Labute approximate surface area is 186 Å². The Kier molecular flexibility index (Phi) is 7.28. The normalized spacial score (nSPS) is 18.7. The summed E-state index contributed by atoms with van der Waals surface area (Å²) in [6.45, 7) is 2.43. The van der Waals surface area contributed by atoms with Gasteiger partial charge in [-0.25, -0.2) is 0 Å². The summed E-state index contributed by atoms with van der Waals surface area (Å²) in [5, 5.41) is 0.139. The maximum atomic E-state index is 13.6. The van der Waals surface area contributed by atoms with Crippen molar-refractivity contribution in [3.05, 3.63) is 53.1 Å². The van der Waals surface area contributed by atoms with Crippen LogP contribution >= 0.6 is 23.4 Å². The third kappa shape index (κ3) is 5.09. The second-order valence-corrected chi connectivity index (χ2v) is 8.87. The minimum atomic E-state index is -0.964. The van der Waals surface area contributed by atoms with Gasteiger partial charge in [-0.15, -0.1) is 11.8 Å². The first-order valence-electron chi connectivity index (χ1n) is 9.53. The van der Waals surface area contributed by atoms with E-state index >= 15 is 0 Å². The Morgan fingerprint density at radius 3 is 2.50 bits per heavy atom. The van der Waals surface area contributed by atoms with Crippen molar-refractivity contribution >= 4 is 40.9 Å². The number of fused-ring (bicyclic) bond motifs is 1. The fraction of sp³-hybridized carbons (Fsp3) is 0.364. The molecule has 1 aliphatic rings. The number of methoxy groups -OCH3 is 1. The van der Waals surface area contributed by atoms with Crippen molar-refractivity contribution in [3.63, 3.8) is 0 Å². The molecule has 1 heterocycles. The molecule has 2 atom stereocenters. The largest absolute Gasteiger partial charge is 0.497 e. The predicted molar refractivity (Wildman–Crippen MR) is 120 cm³/mol. The van der Waals surface area contributed by atoms with Gasteiger partial charge in [0.15, 0.2) is 6.10 Å². The van der Waals surface area contributed by atoms with Gasteiger partial charge in [-0.05, 0) is 50.0 Å². The van der Waals surface area contributed by atoms with Crippen molar-refractivity contribution in [1.29, 1.82) is 0 Å². The summed E-state index contributed by atoms with van der Waals surface area (Å²) >= 11 is 7.75. The number of likely N-dealkylation sites (N-methyl/N-ethyl adjacent to an activating group) is 1. The minimum absolute atomic E-state index is 0.263. The first-order valence-corrected chi connectivity index (χ1v) is 10.8. The molecule has 0 aliphatic carbocycles. The molecule has 30 heavy (non-hydrogen) atoms. The molecule has 8 heteroatoms. The number of hydrogen-bond acceptors (Lipinski definition) is 6. The second kappa shape index (κ2) is 9.73. The van der Waals surface area contributed by atoms with Gasteiger partial charge in [0, 0.05) is 29.9 Å². The number of thioether (sulfide) groups is 1. The lowest BCUT2D eigenvalue weighted by molar-refractivity contribution is -0.152. The lowest BCUT2D eigenvalue weighted by Gasteiger charge is -2.28. The molecule has 1 amide bonds. The molecule has 3 rings (SSSR count). The van der Waals surface area contributed by atoms with E-state index in [2.05, 4.69) is 0 Å². The van der Waals surface area contributed by atoms with Crippen LogP contribution < -0.4 is 9.64 Å². The van der Waals surface area contributed by atoms with Gasteiger partial charge in [0.25, 0.3) is 5.91 Å². The van der Waals surface area contributed by atoms with Crippen LogP contribution in [0, 0.1) is 0 Å². The first kappa shape index (κ1) is 22.5. The van der Waals surface area contributed by atoms with E-state index in [0.717, 1.165) is 16.1 Å². The van der Waals surface area contributed by atoms with E-state index in [1.165, 1.54) is 18.7 Å². The predicted octanol–water partition coefficient (Wildman–Crippen LogP) is 4.02. The molecule has 0 saturated carbocycles. The SMILES string of the molecule is COc1ccc([C@@H]2Sc3ccc(Cl)cc3N(CCN(C)C)C(=O)[C@H]2OC(C)=O)cc1. The molecule has 0 fully saturated rings. The molecule has 2 aromatic rings. The number of amides is 1. The minimum Gasteiger partial charge on any atom is -0.497 e. The van der Waals surface area contributed by atoms with Gasteiger partial charge in [-0.3, -0.25) is 9.59 Å². The van der Waals surface area contributed by atoms with Gasteiger partial charge in [-0.2, -0.15) is 0 Å². The molecule has 0 bridgehead atoms. The van der Waals surface area contributed by atoms with Crippen LogP contribution in [0.4, 0.5) is 5.69 Å². The number of esters is 1. The Morgan fingerprint density at radius 1 is 1.20 bits per heavy atom. The molecule has 1 aliphatic heterocycles. The second-order valence-electron chi connectivity index (χ2n) is 7.25. The van der Waals surface area contributed by atoms with Gasteiger partial charge >= 0.3 is 5.97 Å². The zero-order valence-corrected chi connectivity index (χ0v) is 19.0. The number of halogens is 1. The van der Waals surface area contributed by atoms with E-state index < -0.39 is 17.3 Å². The third-order valence-corrected chi connectivity index (χ3v) is 6.37. The summed E-state index contributed by atoms with van der Waals surface area (Å²) < 4.78 is 10.8. The highest BCUT2D eigenvalue weighted by Gasteiger charge is 2.40. The van der Waals surface area contributed by atoms with E-state index in [1.54, 1.807) is 24.1 Å². The van der Waals surface area contributed by atoms with Gasteiger partial charge in [0.05, 0.1) is 18.0 Å². The standard InChI is InChI=1S/C22H25ClN2O4S/c1-14(26)29-20-21(15-5-8-17(28-4)9-6-15)30-19-10-7-16(23)13-18(19)25(22(20)27)12-11-24(2)3/h5-10,13,20-21H,11-12H2,1-4H3/t20-,21-/m0/s1. The van der Waals surface area contributed by atoms with Crippen LogP contribution in [0.3, 0.4) is 0 Å². The summed E-state index contributed by atoms with van der Waals surface area (Å²) in [5.41, 5.74) is 1.60. The van der Waals surface area contributed by atoms with Crippen LogP contribution in [0.1, 0.15) is 17.7 Å². The van der Waals surface area contributed by atoms with Gasteiger partial charge in [-0.1, -0.05) is 23.7 Å². The number of hydrogen-bond donors (Lipinski definition) is 0. The molecule has 0 radical (unpaired) electrons. The zero-order valence-electron chi connectivity index (χ0n) is 17.4. The van der Waals surface area contributed by atoms with E-state index in [0.29, 0.717) is 23.9 Å². The molecule has 0 saturated heterocycles. The molecular formula is C22H25ClN2O4S. The van der Waals surface area contributed by atoms with Gasteiger partial charge in [0.2, 0.25) is 0 Å². The maximum Gasteiger partial charge on any atom is 0.303 e. The topological polar surface area (TPSA) is 59.1 Å². The quantitative estimate of drug-likeness (QED) is 0.622. The maximum absolute atomic E-state index is 13.6. The van der Waals surface area contributed by atoms with Crippen molar-refractivity contribution in [2.24, 2.45) is 0 Å². The highest BCUT2D eigenvalue weighted by atomic mass is 35.5. The first-order chi connectivity index (χ1) is 14.3. The number of ether oxygens (including phenoxy) is 2. The van der Waals surface area contributed by atoms with E-state index in [1.807, 2.05) is 49.3 Å². The van der Waals surface area contributed by atoms with Crippen molar-refractivity contribution in [2.75, 3.05) is 39.2 Å². The molecule has 0 spiro atoms. The van der Waals surface area contributed by atoms with E-state index in [4.69, 9.17) is 21.1 Å².